The SMILES string of the molecule is CSc1ccc(F)cc1CC(C)C(=O)O. The molecule has 1 N–H and O–H groups in total. The predicted octanol–water partition coefficient (Wildman–Crippen LogP) is 2.81. The van der Waals surface area contributed by atoms with Crippen molar-refractivity contribution >= 4 is 17.7 Å². The van der Waals surface area contributed by atoms with E-state index in [9.17, 15) is 9.18 Å². The van der Waals surface area contributed by atoms with Gasteiger partial charge >= 0.3 is 5.97 Å². The lowest BCUT2D eigenvalue weighted by Crippen LogP contribution is -2.12. The number of thioether (sulfide) groups is 1. The smallest absolute Gasteiger partial charge is 0.306 e. The first kappa shape index (κ1) is 12.0. The Morgan fingerprint density at radius 1 is 1.60 bits per heavy atom. The van der Waals surface area contributed by atoms with Crippen LogP contribution in [-0.2, 0) is 11.2 Å². The highest BCUT2D eigenvalue weighted by Crippen LogP contribution is 2.23. The Hall–Kier alpha value is -1.03. The Labute approximate surface area is 92.5 Å². The number of benzene rings is 1. The van der Waals surface area contributed by atoms with Crippen molar-refractivity contribution in [3.8, 4) is 0 Å². The Morgan fingerprint density at radius 3 is 2.80 bits per heavy atom. The molecular weight excluding hydrogens is 215 g/mol. The zero-order chi connectivity index (χ0) is 11.4. The third kappa shape index (κ3) is 3.23. The van der Waals surface area contributed by atoms with E-state index in [1.165, 1.54) is 23.9 Å². The minimum atomic E-state index is -0.855. The molecule has 0 radical (unpaired) electrons. The molecule has 0 amide bonds. The first-order valence-electron chi connectivity index (χ1n) is 4.59. The Kier molecular flexibility index (Phi) is 4.15. The van der Waals surface area contributed by atoms with Gasteiger partial charge in [0, 0.05) is 4.90 Å². The van der Waals surface area contributed by atoms with Crippen molar-refractivity contribution in [2.24, 2.45) is 5.92 Å². The number of rotatable bonds is 4. The van der Waals surface area contributed by atoms with Crippen LogP contribution in [0.15, 0.2) is 23.1 Å². The van der Waals surface area contributed by atoms with Crippen LogP contribution >= 0.6 is 11.8 Å². The number of hydrogen-bond acceptors (Lipinski definition) is 2. The van der Waals surface area contributed by atoms with Crippen molar-refractivity contribution in [2.75, 3.05) is 6.26 Å². The fourth-order valence-electron chi connectivity index (χ4n) is 1.32. The summed E-state index contributed by atoms with van der Waals surface area (Å²) in [4.78, 5) is 11.6. The second kappa shape index (κ2) is 5.16. The molecule has 0 spiro atoms. The molecule has 1 aromatic carbocycles. The zero-order valence-electron chi connectivity index (χ0n) is 8.66. The van der Waals surface area contributed by atoms with E-state index in [0.717, 1.165) is 10.5 Å². The highest BCUT2D eigenvalue weighted by Gasteiger charge is 2.14. The van der Waals surface area contributed by atoms with Gasteiger partial charge in [0.05, 0.1) is 5.92 Å². The number of hydrogen-bond donors (Lipinski definition) is 1. The summed E-state index contributed by atoms with van der Waals surface area (Å²) >= 11 is 1.50. The van der Waals surface area contributed by atoms with Crippen molar-refractivity contribution in [2.45, 2.75) is 18.2 Å². The fraction of sp³-hybridized carbons (Fsp3) is 0.364. The van der Waals surface area contributed by atoms with Gasteiger partial charge in [0.2, 0.25) is 0 Å². The average molecular weight is 228 g/mol. The van der Waals surface area contributed by atoms with Crippen LogP contribution < -0.4 is 0 Å². The predicted molar refractivity (Wildman–Crippen MR) is 58.7 cm³/mol. The van der Waals surface area contributed by atoms with Gasteiger partial charge in [0.1, 0.15) is 5.82 Å². The molecule has 82 valence electrons. The first-order valence-corrected chi connectivity index (χ1v) is 5.82. The van der Waals surface area contributed by atoms with Gasteiger partial charge in [-0.15, -0.1) is 11.8 Å². The van der Waals surface area contributed by atoms with E-state index < -0.39 is 11.9 Å². The number of carboxylic acid groups (broad SMARTS) is 1. The molecule has 0 saturated carbocycles. The third-order valence-corrected chi connectivity index (χ3v) is 3.03. The molecule has 0 bridgehead atoms. The lowest BCUT2D eigenvalue weighted by molar-refractivity contribution is -0.141. The molecule has 1 aromatic rings. The minimum absolute atomic E-state index is 0.319. The van der Waals surface area contributed by atoms with E-state index in [-0.39, 0.29) is 5.82 Å². The summed E-state index contributed by atoms with van der Waals surface area (Å²) in [6.45, 7) is 1.62. The standard InChI is InChI=1S/C11H13FO2S/c1-7(11(13)14)5-8-6-9(12)3-4-10(8)15-2/h3-4,6-7H,5H2,1-2H3,(H,13,14). The lowest BCUT2D eigenvalue weighted by Gasteiger charge is -2.10. The molecule has 1 rings (SSSR count). The molecule has 0 aromatic heterocycles. The van der Waals surface area contributed by atoms with Gasteiger partial charge in [-0.25, -0.2) is 4.39 Å². The van der Waals surface area contributed by atoms with E-state index in [1.54, 1.807) is 13.0 Å². The fourth-order valence-corrected chi connectivity index (χ4v) is 1.93. The second-order valence-electron chi connectivity index (χ2n) is 3.40. The van der Waals surface area contributed by atoms with Crippen molar-refractivity contribution in [3.63, 3.8) is 0 Å². The molecule has 0 fully saturated rings. The molecule has 0 saturated heterocycles. The minimum Gasteiger partial charge on any atom is -0.481 e. The molecule has 2 nitrogen and oxygen atoms in total. The highest BCUT2D eigenvalue weighted by atomic mass is 32.2. The van der Waals surface area contributed by atoms with Crippen LogP contribution in [0.5, 0.6) is 0 Å². The maximum atomic E-state index is 13.0. The number of aliphatic carboxylic acids is 1. The van der Waals surface area contributed by atoms with Crippen LogP contribution in [-0.4, -0.2) is 17.3 Å². The van der Waals surface area contributed by atoms with Crippen LogP contribution in [0.1, 0.15) is 12.5 Å². The van der Waals surface area contributed by atoms with Crippen molar-refractivity contribution in [1.82, 2.24) is 0 Å². The Balaban J connectivity index is 2.91. The molecule has 0 heterocycles. The van der Waals surface area contributed by atoms with Gasteiger partial charge in [0.25, 0.3) is 0 Å². The molecule has 0 aliphatic rings. The van der Waals surface area contributed by atoms with Crippen molar-refractivity contribution in [1.29, 1.82) is 0 Å². The molecule has 1 unspecified atom stereocenters. The summed E-state index contributed by atoms with van der Waals surface area (Å²) in [5, 5.41) is 8.78. The lowest BCUT2D eigenvalue weighted by atomic mass is 10.0. The first-order chi connectivity index (χ1) is 7.04. The maximum absolute atomic E-state index is 13.0. The van der Waals surface area contributed by atoms with Gasteiger partial charge < -0.3 is 5.11 Å². The van der Waals surface area contributed by atoms with Gasteiger partial charge in [-0.3, -0.25) is 4.79 Å². The summed E-state index contributed by atoms with van der Waals surface area (Å²) in [7, 11) is 0. The van der Waals surface area contributed by atoms with Crippen LogP contribution in [0.3, 0.4) is 0 Å². The Bertz CT molecular complexity index is 366. The van der Waals surface area contributed by atoms with Crippen LogP contribution in [0.2, 0.25) is 0 Å². The van der Waals surface area contributed by atoms with E-state index >= 15 is 0 Å². The summed E-state index contributed by atoms with van der Waals surface area (Å²) in [5.41, 5.74) is 0.761. The maximum Gasteiger partial charge on any atom is 0.306 e. The van der Waals surface area contributed by atoms with E-state index in [4.69, 9.17) is 5.11 Å². The van der Waals surface area contributed by atoms with E-state index in [0.29, 0.717) is 6.42 Å². The monoisotopic (exact) mass is 228 g/mol. The molecular formula is C11H13FO2S. The molecule has 1 atom stereocenters. The number of carboxylic acids is 1. The summed E-state index contributed by atoms with van der Waals surface area (Å²) in [6, 6.07) is 4.48. The molecule has 4 heteroatoms. The van der Waals surface area contributed by atoms with Crippen LogP contribution in [0.25, 0.3) is 0 Å². The number of halogens is 1. The zero-order valence-corrected chi connectivity index (χ0v) is 9.47. The molecule has 15 heavy (non-hydrogen) atoms. The second-order valence-corrected chi connectivity index (χ2v) is 4.25. The average Bonchev–Trinajstić information content (AvgIpc) is 2.18. The third-order valence-electron chi connectivity index (χ3n) is 2.19. The van der Waals surface area contributed by atoms with Crippen molar-refractivity contribution < 1.29 is 14.3 Å². The number of carbonyl (C=O) groups is 1. The van der Waals surface area contributed by atoms with Crippen molar-refractivity contribution in [3.05, 3.63) is 29.6 Å². The molecule has 0 aliphatic carbocycles. The molecule has 0 aliphatic heterocycles. The van der Waals surface area contributed by atoms with E-state index in [2.05, 4.69) is 0 Å². The van der Waals surface area contributed by atoms with Gasteiger partial charge in [0.15, 0.2) is 0 Å². The summed E-state index contributed by atoms with van der Waals surface area (Å²) < 4.78 is 13.0. The normalized spacial score (nSPS) is 12.5. The quantitative estimate of drug-likeness (QED) is 0.805. The summed E-state index contributed by atoms with van der Waals surface area (Å²) in [6.07, 6.45) is 2.26. The largest absolute Gasteiger partial charge is 0.481 e. The van der Waals surface area contributed by atoms with Gasteiger partial charge in [-0.05, 0) is 36.4 Å². The van der Waals surface area contributed by atoms with Crippen LogP contribution in [0, 0.1) is 11.7 Å². The summed E-state index contributed by atoms with van der Waals surface area (Å²) in [5.74, 6) is -1.66. The van der Waals surface area contributed by atoms with Crippen LogP contribution in [0.4, 0.5) is 4.39 Å². The highest BCUT2D eigenvalue weighted by molar-refractivity contribution is 7.98. The van der Waals surface area contributed by atoms with E-state index in [1.807, 2.05) is 6.26 Å². The Morgan fingerprint density at radius 2 is 2.27 bits per heavy atom. The van der Waals surface area contributed by atoms with Gasteiger partial charge in [-0.1, -0.05) is 6.92 Å². The topological polar surface area (TPSA) is 37.3 Å². The van der Waals surface area contributed by atoms with Gasteiger partial charge in [-0.2, -0.15) is 0 Å².